The molecule has 0 spiro atoms. The highest BCUT2D eigenvalue weighted by molar-refractivity contribution is 9.10. The van der Waals surface area contributed by atoms with Gasteiger partial charge >= 0.3 is 5.97 Å². The molecule has 2 aromatic rings. The van der Waals surface area contributed by atoms with Crippen molar-refractivity contribution >= 4 is 43.8 Å². The fourth-order valence-corrected chi connectivity index (χ4v) is 3.68. The van der Waals surface area contributed by atoms with E-state index in [9.17, 15) is 18.0 Å². The van der Waals surface area contributed by atoms with Gasteiger partial charge in [-0.1, -0.05) is 15.9 Å². The minimum atomic E-state index is -3.83. The lowest BCUT2D eigenvalue weighted by molar-refractivity contribution is -0.136. The van der Waals surface area contributed by atoms with Crippen molar-refractivity contribution in [3.8, 4) is 5.75 Å². The Bertz CT molecular complexity index is 1000. The van der Waals surface area contributed by atoms with Crippen LogP contribution < -0.4 is 9.46 Å². The van der Waals surface area contributed by atoms with Crippen LogP contribution in [0.1, 0.15) is 22.3 Å². The van der Waals surface area contributed by atoms with E-state index in [1.165, 1.54) is 37.5 Å². The molecule has 148 valence electrons. The monoisotopic (exact) mass is 467 g/mol. The SMILES string of the molecule is COc1ccc(Br)cc1/C=C/C(=O)c1ccc(S(=O)(=O)NCCC(=O)O)cc1. The number of allylic oxidation sites excluding steroid dienone is 1. The largest absolute Gasteiger partial charge is 0.496 e. The second-order valence-electron chi connectivity index (χ2n) is 5.65. The van der Waals surface area contributed by atoms with E-state index in [-0.39, 0.29) is 23.6 Å². The van der Waals surface area contributed by atoms with Crippen molar-refractivity contribution in [2.24, 2.45) is 0 Å². The van der Waals surface area contributed by atoms with Gasteiger partial charge in [0, 0.05) is 22.1 Å². The van der Waals surface area contributed by atoms with Gasteiger partial charge in [-0.15, -0.1) is 0 Å². The number of benzene rings is 2. The summed E-state index contributed by atoms with van der Waals surface area (Å²) in [6, 6.07) is 10.8. The molecule has 0 heterocycles. The summed E-state index contributed by atoms with van der Waals surface area (Å²) in [5, 5.41) is 8.57. The molecule has 0 bridgehead atoms. The molecule has 0 aliphatic rings. The second-order valence-corrected chi connectivity index (χ2v) is 8.33. The van der Waals surface area contributed by atoms with Crippen molar-refractivity contribution in [2.45, 2.75) is 11.3 Å². The summed E-state index contributed by atoms with van der Waals surface area (Å²) in [6.45, 7) is -0.213. The molecule has 0 unspecified atom stereocenters. The number of carbonyl (C=O) groups is 2. The highest BCUT2D eigenvalue weighted by atomic mass is 79.9. The predicted octanol–water partition coefficient (Wildman–Crippen LogP) is 3.11. The van der Waals surface area contributed by atoms with Crippen LogP contribution in [0.5, 0.6) is 5.75 Å². The van der Waals surface area contributed by atoms with Crippen LogP contribution in [0.3, 0.4) is 0 Å². The Labute approximate surface area is 171 Å². The third kappa shape index (κ3) is 6.01. The number of nitrogens with one attached hydrogen (secondary N) is 1. The number of carboxylic acids is 1. The van der Waals surface area contributed by atoms with E-state index in [0.717, 1.165) is 4.47 Å². The van der Waals surface area contributed by atoms with Crippen LogP contribution in [0.15, 0.2) is 57.9 Å². The number of carboxylic acid groups (broad SMARTS) is 1. The molecule has 0 fully saturated rings. The number of aliphatic carboxylic acids is 1. The number of halogens is 1. The molecule has 0 radical (unpaired) electrons. The van der Waals surface area contributed by atoms with Crippen LogP contribution in [-0.4, -0.2) is 38.9 Å². The van der Waals surface area contributed by atoms with Crippen LogP contribution in [0.25, 0.3) is 6.08 Å². The lowest BCUT2D eigenvalue weighted by Crippen LogP contribution is -2.26. The van der Waals surface area contributed by atoms with Crippen molar-refractivity contribution in [3.63, 3.8) is 0 Å². The van der Waals surface area contributed by atoms with Gasteiger partial charge in [0.1, 0.15) is 5.75 Å². The van der Waals surface area contributed by atoms with E-state index >= 15 is 0 Å². The molecule has 2 N–H and O–H groups in total. The molecular formula is C19H18BrNO6S. The molecule has 2 aromatic carbocycles. The zero-order chi connectivity index (χ0) is 20.7. The summed E-state index contributed by atoms with van der Waals surface area (Å²) in [4.78, 5) is 22.8. The number of ketones is 1. The molecule has 2 rings (SSSR count). The Balaban J connectivity index is 2.12. The number of hydrogen-bond acceptors (Lipinski definition) is 5. The fourth-order valence-electron chi connectivity index (χ4n) is 2.27. The molecule has 0 aliphatic heterocycles. The zero-order valence-electron chi connectivity index (χ0n) is 14.9. The van der Waals surface area contributed by atoms with E-state index in [4.69, 9.17) is 9.84 Å². The summed E-state index contributed by atoms with van der Waals surface area (Å²) in [6.07, 6.45) is 2.67. The molecule has 7 nitrogen and oxygen atoms in total. The van der Waals surface area contributed by atoms with Gasteiger partial charge in [0.2, 0.25) is 10.0 Å². The van der Waals surface area contributed by atoms with Crippen molar-refractivity contribution in [1.82, 2.24) is 4.72 Å². The molecule has 0 amide bonds. The number of ether oxygens (including phenoxy) is 1. The smallest absolute Gasteiger partial charge is 0.304 e. The molecule has 0 saturated heterocycles. The lowest BCUT2D eigenvalue weighted by atomic mass is 10.1. The number of hydrogen-bond donors (Lipinski definition) is 2. The number of carbonyl (C=O) groups excluding carboxylic acids is 1. The summed E-state index contributed by atoms with van der Waals surface area (Å²) in [5.74, 6) is -0.788. The van der Waals surface area contributed by atoms with Crippen LogP contribution in [0.4, 0.5) is 0 Å². The summed E-state index contributed by atoms with van der Waals surface area (Å²) in [7, 11) is -2.30. The Morgan fingerprint density at radius 2 is 1.86 bits per heavy atom. The second kappa shape index (κ2) is 9.63. The lowest BCUT2D eigenvalue weighted by Gasteiger charge is -2.06. The quantitative estimate of drug-likeness (QED) is 0.433. The standard InChI is InChI=1S/C19H18BrNO6S/c1-27-18-9-5-15(20)12-14(18)4-8-17(22)13-2-6-16(7-3-13)28(25,26)21-11-10-19(23)24/h2-9,12,21H,10-11H2,1H3,(H,23,24)/b8-4+. The van der Waals surface area contributed by atoms with Gasteiger partial charge in [-0.05, 0) is 54.6 Å². The summed E-state index contributed by atoms with van der Waals surface area (Å²) in [5.41, 5.74) is 1.03. The maximum absolute atomic E-state index is 12.3. The Hall–Kier alpha value is -2.49. The first-order valence-corrected chi connectivity index (χ1v) is 10.4. The maximum atomic E-state index is 12.3. The molecular weight excluding hydrogens is 450 g/mol. The van der Waals surface area contributed by atoms with Crippen molar-refractivity contribution in [3.05, 3.63) is 64.1 Å². The van der Waals surface area contributed by atoms with E-state index < -0.39 is 16.0 Å². The maximum Gasteiger partial charge on any atom is 0.304 e. The highest BCUT2D eigenvalue weighted by Crippen LogP contribution is 2.24. The first-order chi connectivity index (χ1) is 13.2. The fraction of sp³-hybridized carbons (Fsp3) is 0.158. The summed E-state index contributed by atoms with van der Waals surface area (Å²) < 4.78 is 32.5. The molecule has 0 atom stereocenters. The van der Waals surface area contributed by atoms with Crippen molar-refractivity contribution < 1.29 is 27.9 Å². The van der Waals surface area contributed by atoms with E-state index in [1.54, 1.807) is 18.2 Å². The van der Waals surface area contributed by atoms with Gasteiger partial charge in [0.15, 0.2) is 5.78 Å². The van der Waals surface area contributed by atoms with Crippen LogP contribution >= 0.6 is 15.9 Å². The molecule has 0 aromatic heterocycles. The normalized spacial score (nSPS) is 11.5. The van der Waals surface area contributed by atoms with Crippen LogP contribution in [-0.2, 0) is 14.8 Å². The van der Waals surface area contributed by atoms with Crippen molar-refractivity contribution in [2.75, 3.05) is 13.7 Å². The Kier molecular flexibility index (Phi) is 7.50. The Morgan fingerprint density at radius 1 is 1.18 bits per heavy atom. The van der Waals surface area contributed by atoms with Gasteiger partial charge in [-0.2, -0.15) is 0 Å². The molecule has 0 aliphatic carbocycles. The third-order valence-electron chi connectivity index (χ3n) is 3.69. The van der Waals surface area contributed by atoms with E-state index in [0.29, 0.717) is 16.9 Å². The van der Waals surface area contributed by atoms with E-state index in [2.05, 4.69) is 20.7 Å². The van der Waals surface area contributed by atoms with Crippen molar-refractivity contribution in [1.29, 1.82) is 0 Å². The molecule has 28 heavy (non-hydrogen) atoms. The molecule has 0 saturated carbocycles. The number of rotatable bonds is 9. The minimum Gasteiger partial charge on any atom is -0.496 e. The summed E-state index contributed by atoms with van der Waals surface area (Å²) >= 11 is 3.36. The average Bonchev–Trinajstić information content (AvgIpc) is 2.66. The van der Waals surface area contributed by atoms with Crippen LogP contribution in [0, 0.1) is 0 Å². The first-order valence-electron chi connectivity index (χ1n) is 8.10. The Morgan fingerprint density at radius 3 is 2.46 bits per heavy atom. The zero-order valence-corrected chi connectivity index (χ0v) is 17.3. The highest BCUT2D eigenvalue weighted by Gasteiger charge is 2.14. The topological polar surface area (TPSA) is 110 Å². The predicted molar refractivity (Wildman–Crippen MR) is 108 cm³/mol. The van der Waals surface area contributed by atoms with Gasteiger partial charge in [0.25, 0.3) is 0 Å². The first kappa shape index (κ1) is 21.8. The van der Waals surface area contributed by atoms with Gasteiger partial charge in [-0.25, -0.2) is 13.1 Å². The number of sulfonamides is 1. The van der Waals surface area contributed by atoms with Gasteiger partial charge in [0.05, 0.1) is 18.4 Å². The number of methoxy groups -OCH3 is 1. The van der Waals surface area contributed by atoms with Gasteiger partial charge in [-0.3, -0.25) is 9.59 Å². The average molecular weight is 468 g/mol. The molecule has 9 heteroatoms. The van der Waals surface area contributed by atoms with Crippen LogP contribution in [0.2, 0.25) is 0 Å². The van der Waals surface area contributed by atoms with Gasteiger partial charge < -0.3 is 9.84 Å². The minimum absolute atomic E-state index is 0.0490. The van der Waals surface area contributed by atoms with E-state index in [1.807, 2.05) is 6.07 Å². The third-order valence-corrected chi connectivity index (χ3v) is 5.66.